The highest BCUT2D eigenvalue weighted by Gasteiger charge is 2.40. The third kappa shape index (κ3) is 2.78. The Morgan fingerprint density at radius 1 is 1.05 bits per heavy atom. The first kappa shape index (κ1) is 14.5. The van der Waals surface area contributed by atoms with Crippen LogP contribution in [0, 0.1) is 0 Å². The average molecular weight is 314 g/mol. The molecule has 0 unspecified atom stereocenters. The van der Waals surface area contributed by atoms with Crippen LogP contribution in [-0.4, -0.2) is 23.6 Å². The zero-order valence-electron chi connectivity index (χ0n) is 11.9. The van der Waals surface area contributed by atoms with Gasteiger partial charge in [-0.05, 0) is 48.2 Å². The van der Waals surface area contributed by atoms with E-state index in [1.54, 1.807) is 43.5 Å². The smallest absolute Gasteiger partial charge is 0.295 e. The van der Waals surface area contributed by atoms with Gasteiger partial charge in [-0.25, -0.2) is 4.90 Å². The maximum absolute atomic E-state index is 12.4. The van der Waals surface area contributed by atoms with Crippen LogP contribution in [0.4, 0.5) is 16.2 Å². The second-order valence-electron chi connectivity index (χ2n) is 4.65. The van der Waals surface area contributed by atoms with Gasteiger partial charge < -0.3 is 10.1 Å². The van der Waals surface area contributed by atoms with Crippen molar-refractivity contribution in [3.63, 3.8) is 0 Å². The topological polar surface area (TPSA) is 58.6 Å². The standard InChI is InChI=1S/C16H14N2O3S/c1-21-13-9-7-11(8-10-13)17-14-15(19)18(16(20)22-14)12-5-3-2-4-6-12/h2-10,14,17H,1H3/t14-/m1/s1. The van der Waals surface area contributed by atoms with Crippen LogP contribution in [0.1, 0.15) is 0 Å². The molecule has 0 spiro atoms. The third-order valence-corrected chi connectivity index (χ3v) is 4.19. The molecule has 0 radical (unpaired) electrons. The molecule has 1 heterocycles. The van der Waals surface area contributed by atoms with Crippen LogP contribution in [0.3, 0.4) is 0 Å². The molecule has 5 nitrogen and oxygen atoms in total. The number of benzene rings is 2. The lowest BCUT2D eigenvalue weighted by atomic mass is 10.3. The van der Waals surface area contributed by atoms with Gasteiger partial charge in [0.05, 0.1) is 12.8 Å². The molecule has 1 N–H and O–H groups in total. The van der Waals surface area contributed by atoms with Crippen molar-refractivity contribution in [3.8, 4) is 5.75 Å². The van der Waals surface area contributed by atoms with Crippen molar-refractivity contribution in [2.45, 2.75) is 5.37 Å². The maximum Gasteiger partial charge on any atom is 0.295 e. The van der Waals surface area contributed by atoms with Gasteiger partial charge in [-0.1, -0.05) is 18.2 Å². The largest absolute Gasteiger partial charge is 0.497 e. The number of rotatable bonds is 4. The molecule has 1 fully saturated rings. The Bertz CT molecular complexity index is 688. The van der Waals surface area contributed by atoms with E-state index in [0.717, 1.165) is 23.2 Å². The van der Waals surface area contributed by atoms with E-state index in [1.165, 1.54) is 4.90 Å². The molecular weight excluding hydrogens is 300 g/mol. The van der Waals surface area contributed by atoms with Crippen molar-refractivity contribution in [2.24, 2.45) is 0 Å². The van der Waals surface area contributed by atoms with E-state index in [2.05, 4.69) is 5.32 Å². The average Bonchev–Trinajstić information content (AvgIpc) is 2.83. The van der Waals surface area contributed by atoms with Gasteiger partial charge >= 0.3 is 0 Å². The quantitative estimate of drug-likeness (QED) is 0.938. The molecule has 0 aromatic heterocycles. The van der Waals surface area contributed by atoms with Crippen molar-refractivity contribution in [3.05, 3.63) is 54.6 Å². The molecule has 2 aromatic rings. The van der Waals surface area contributed by atoms with Gasteiger partial charge in [-0.3, -0.25) is 9.59 Å². The highest BCUT2D eigenvalue weighted by atomic mass is 32.2. The summed E-state index contributed by atoms with van der Waals surface area (Å²) in [6, 6.07) is 16.1. The second kappa shape index (κ2) is 6.11. The van der Waals surface area contributed by atoms with Crippen molar-refractivity contribution in [1.82, 2.24) is 0 Å². The molecule has 112 valence electrons. The molecule has 0 saturated carbocycles. The molecule has 6 heteroatoms. The number of nitrogens with one attached hydrogen (secondary N) is 1. The minimum Gasteiger partial charge on any atom is -0.497 e. The van der Waals surface area contributed by atoms with E-state index in [1.807, 2.05) is 18.2 Å². The lowest BCUT2D eigenvalue weighted by Crippen LogP contribution is -2.34. The summed E-state index contributed by atoms with van der Waals surface area (Å²) >= 11 is 0.976. The lowest BCUT2D eigenvalue weighted by Gasteiger charge is -2.14. The number of ether oxygens (including phenoxy) is 1. The number of carbonyl (C=O) groups is 2. The SMILES string of the molecule is COc1ccc(N[C@@H]2SC(=O)N(c3ccccc3)C2=O)cc1. The van der Waals surface area contributed by atoms with Gasteiger partial charge in [0.2, 0.25) is 0 Å². The number of nitrogens with zero attached hydrogens (tertiary/aromatic N) is 1. The van der Waals surface area contributed by atoms with Crippen LogP contribution in [0.2, 0.25) is 0 Å². The molecule has 1 atom stereocenters. The van der Waals surface area contributed by atoms with E-state index < -0.39 is 5.37 Å². The van der Waals surface area contributed by atoms with Crippen LogP contribution in [0.15, 0.2) is 54.6 Å². The maximum atomic E-state index is 12.4. The Balaban J connectivity index is 1.76. The van der Waals surface area contributed by atoms with Crippen LogP contribution in [-0.2, 0) is 4.79 Å². The van der Waals surface area contributed by atoms with Gasteiger partial charge in [0.25, 0.3) is 11.1 Å². The summed E-state index contributed by atoms with van der Waals surface area (Å²) in [5.41, 5.74) is 1.35. The molecule has 1 saturated heterocycles. The van der Waals surface area contributed by atoms with E-state index >= 15 is 0 Å². The van der Waals surface area contributed by atoms with Crippen LogP contribution in [0.25, 0.3) is 0 Å². The number of anilines is 2. The van der Waals surface area contributed by atoms with Crippen molar-refractivity contribution >= 4 is 34.3 Å². The molecule has 1 aliphatic heterocycles. The molecule has 1 aliphatic rings. The predicted octanol–water partition coefficient (Wildman–Crippen LogP) is 3.33. The fourth-order valence-corrected chi connectivity index (χ4v) is 3.05. The number of thioether (sulfide) groups is 1. The Hall–Kier alpha value is -2.47. The minimum atomic E-state index is -0.624. The summed E-state index contributed by atoms with van der Waals surface area (Å²) in [4.78, 5) is 25.7. The van der Waals surface area contributed by atoms with E-state index in [-0.39, 0.29) is 11.1 Å². The monoisotopic (exact) mass is 314 g/mol. The van der Waals surface area contributed by atoms with Crippen LogP contribution < -0.4 is 15.0 Å². The molecule has 0 bridgehead atoms. The van der Waals surface area contributed by atoms with Gasteiger partial charge in [-0.15, -0.1) is 0 Å². The number of methoxy groups -OCH3 is 1. The number of hydrogen-bond acceptors (Lipinski definition) is 5. The summed E-state index contributed by atoms with van der Waals surface area (Å²) in [5.74, 6) is 0.468. The Morgan fingerprint density at radius 3 is 2.36 bits per heavy atom. The summed E-state index contributed by atoms with van der Waals surface area (Å²) in [6.07, 6.45) is 0. The first-order valence-corrected chi connectivity index (χ1v) is 7.57. The molecular formula is C16H14N2O3S. The zero-order valence-corrected chi connectivity index (χ0v) is 12.7. The van der Waals surface area contributed by atoms with Gasteiger partial charge in [0.1, 0.15) is 5.75 Å². The fraction of sp³-hybridized carbons (Fsp3) is 0.125. The fourth-order valence-electron chi connectivity index (χ4n) is 2.15. The number of hydrogen-bond donors (Lipinski definition) is 1. The first-order valence-electron chi connectivity index (χ1n) is 6.69. The molecule has 22 heavy (non-hydrogen) atoms. The number of para-hydroxylation sites is 1. The van der Waals surface area contributed by atoms with Crippen molar-refractivity contribution in [2.75, 3.05) is 17.3 Å². The van der Waals surface area contributed by atoms with Crippen LogP contribution in [0.5, 0.6) is 5.75 Å². The van der Waals surface area contributed by atoms with Gasteiger partial charge in [0, 0.05) is 5.69 Å². The van der Waals surface area contributed by atoms with E-state index in [4.69, 9.17) is 4.74 Å². The summed E-state index contributed by atoms with van der Waals surface area (Å²) in [6.45, 7) is 0. The predicted molar refractivity (Wildman–Crippen MR) is 87.3 cm³/mol. The Morgan fingerprint density at radius 2 is 1.73 bits per heavy atom. The molecule has 3 rings (SSSR count). The first-order chi connectivity index (χ1) is 10.7. The summed E-state index contributed by atoms with van der Waals surface area (Å²) in [5, 5.41) is 2.17. The molecule has 2 amide bonds. The second-order valence-corrected chi connectivity index (χ2v) is 5.70. The molecule has 0 aliphatic carbocycles. The van der Waals surface area contributed by atoms with Gasteiger partial charge in [-0.2, -0.15) is 0 Å². The minimum absolute atomic E-state index is 0.267. The third-order valence-electron chi connectivity index (χ3n) is 3.25. The van der Waals surface area contributed by atoms with Crippen molar-refractivity contribution in [1.29, 1.82) is 0 Å². The van der Waals surface area contributed by atoms with Gasteiger partial charge in [0.15, 0.2) is 5.37 Å². The summed E-state index contributed by atoms with van der Waals surface area (Å²) < 4.78 is 5.09. The Labute approximate surface area is 132 Å². The highest BCUT2D eigenvalue weighted by Crippen LogP contribution is 2.32. The Kier molecular flexibility index (Phi) is 4.02. The lowest BCUT2D eigenvalue weighted by molar-refractivity contribution is -0.116. The normalized spacial score (nSPS) is 17.7. The summed E-state index contributed by atoms with van der Waals surface area (Å²) in [7, 11) is 1.59. The number of amides is 2. The molecule has 2 aromatic carbocycles. The highest BCUT2D eigenvalue weighted by molar-refractivity contribution is 8.16. The number of carbonyl (C=O) groups excluding carboxylic acids is 2. The van der Waals surface area contributed by atoms with E-state index in [9.17, 15) is 9.59 Å². The van der Waals surface area contributed by atoms with Crippen LogP contribution >= 0.6 is 11.8 Å². The number of imide groups is 1. The zero-order chi connectivity index (χ0) is 15.5. The van der Waals surface area contributed by atoms with E-state index in [0.29, 0.717) is 5.69 Å². The van der Waals surface area contributed by atoms with Crippen molar-refractivity contribution < 1.29 is 14.3 Å².